The van der Waals surface area contributed by atoms with E-state index in [1.807, 2.05) is 55.4 Å². The van der Waals surface area contributed by atoms with Crippen molar-refractivity contribution in [2.45, 2.75) is 98.1 Å². The summed E-state index contributed by atoms with van der Waals surface area (Å²) >= 11 is 0. The van der Waals surface area contributed by atoms with Gasteiger partial charge in [-0.1, -0.05) is 0 Å². The number of carbonyl (C=O) groups is 1. The Morgan fingerprint density at radius 1 is 0.773 bits per heavy atom. The maximum Gasteiger partial charge on any atom is 0.189 e. The molecule has 0 unspecified atom stereocenters. The van der Waals surface area contributed by atoms with Gasteiger partial charge in [-0.2, -0.15) is 0 Å². The highest BCUT2D eigenvalue weighted by Gasteiger charge is 2.35. The minimum absolute atomic E-state index is 0.0489. The summed E-state index contributed by atoms with van der Waals surface area (Å²) in [5, 5.41) is 0. The van der Waals surface area contributed by atoms with E-state index in [9.17, 15) is 4.79 Å². The molecule has 0 radical (unpaired) electrons. The maximum absolute atomic E-state index is 12.3. The van der Waals surface area contributed by atoms with Gasteiger partial charge < -0.3 is 14.2 Å². The molecule has 4 heteroatoms. The van der Waals surface area contributed by atoms with Crippen molar-refractivity contribution in [1.29, 1.82) is 0 Å². The summed E-state index contributed by atoms with van der Waals surface area (Å²) < 4.78 is 17.4. The highest BCUT2D eigenvalue weighted by molar-refractivity contribution is 5.87. The van der Waals surface area contributed by atoms with E-state index in [-0.39, 0.29) is 23.6 Å². The van der Waals surface area contributed by atoms with Gasteiger partial charge in [0.05, 0.1) is 16.8 Å². The van der Waals surface area contributed by atoms with Crippen LogP contribution >= 0.6 is 0 Å². The molecule has 0 bridgehead atoms. The van der Waals surface area contributed by atoms with Crippen LogP contribution in [0, 0.1) is 0 Å². The van der Waals surface area contributed by atoms with Crippen LogP contribution in [-0.4, -0.2) is 41.4 Å². The number of Topliss-reactive ketones (excluding diaryl/α,β-unsaturated/α-hetero) is 1. The van der Waals surface area contributed by atoms with E-state index in [1.54, 1.807) is 13.8 Å². The molecule has 22 heavy (non-hydrogen) atoms. The average molecular weight is 316 g/mol. The van der Waals surface area contributed by atoms with E-state index in [0.717, 1.165) is 6.42 Å². The number of rotatable bonds is 8. The zero-order valence-corrected chi connectivity index (χ0v) is 16.3. The van der Waals surface area contributed by atoms with E-state index in [1.165, 1.54) is 0 Å². The number of hydrogen-bond donors (Lipinski definition) is 0. The molecule has 0 aliphatic rings. The lowest BCUT2D eigenvalue weighted by Gasteiger charge is -2.36. The van der Waals surface area contributed by atoms with E-state index >= 15 is 0 Å². The van der Waals surface area contributed by atoms with Gasteiger partial charge in [-0.05, 0) is 75.7 Å². The summed E-state index contributed by atoms with van der Waals surface area (Å²) in [5.74, 6) is -0.0489. The fraction of sp³-hybridized carbons (Fsp3) is 0.944. The molecule has 0 amide bonds. The summed E-state index contributed by atoms with van der Waals surface area (Å²) in [6.45, 7) is 20.1. The Kier molecular flexibility index (Phi) is 7.26. The molecule has 0 aromatic carbocycles. The van der Waals surface area contributed by atoms with Gasteiger partial charge in [0.15, 0.2) is 5.78 Å². The molecule has 0 heterocycles. The van der Waals surface area contributed by atoms with Crippen molar-refractivity contribution in [1.82, 2.24) is 0 Å². The van der Waals surface area contributed by atoms with Gasteiger partial charge >= 0.3 is 0 Å². The van der Waals surface area contributed by atoms with Crippen molar-refractivity contribution in [3.63, 3.8) is 0 Å². The van der Waals surface area contributed by atoms with Crippen LogP contribution in [0.2, 0.25) is 0 Å². The molecule has 0 aromatic heterocycles. The van der Waals surface area contributed by atoms with Gasteiger partial charge in [-0.25, -0.2) is 0 Å². The van der Waals surface area contributed by atoms with Crippen LogP contribution in [0.3, 0.4) is 0 Å². The van der Waals surface area contributed by atoms with E-state index in [0.29, 0.717) is 6.61 Å². The molecule has 0 atom stereocenters. The predicted octanol–water partition coefficient (Wildman–Crippen LogP) is 4.15. The summed E-state index contributed by atoms with van der Waals surface area (Å²) in [5.41, 5.74) is -1.81. The smallest absolute Gasteiger partial charge is 0.189 e. The number of ketones is 1. The number of hydrogen-bond acceptors (Lipinski definition) is 4. The van der Waals surface area contributed by atoms with Gasteiger partial charge in [-0.3, -0.25) is 4.79 Å². The first-order valence-electron chi connectivity index (χ1n) is 8.06. The molecule has 4 nitrogen and oxygen atoms in total. The summed E-state index contributed by atoms with van der Waals surface area (Å²) in [7, 11) is 0. The molecule has 0 saturated heterocycles. The Morgan fingerprint density at radius 3 is 1.64 bits per heavy atom. The highest BCUT2D eigenvalue weighted by Crippen LogP contribution is 2.25. The Bertz CT molecular complexity index is 356. The largest absolute Gasteiger partial charge is 0.376 e. The maximum atomic E-state index is 12.3. The minimum Gasteiger partial charge on any atom is -0.376 e. The molecule has 0 N–H and O–H groups in total. The Labute approximate surface area is 136 Å². The van der Waals surface area contributed by atoms with Crippen molar-refractivity contribution in [3.05, 3.63) is 0 Å². The van der Waals surface area contributed by atoms with Gasteiger partial charge in [0, 0.05) is 6.61 Å². The average Bonchev–Trinajstić information content (AvgIpc) is 2.20. The summed E-state index contributed by atoms with van der Waals surface area (Å²) in [4.78, 5) is 12.3. The molecule has 132 valence electrons. The minimum atomic E-state index is -0.878. The van der Waals surface area contributed by atoms with Crippen LogP contribution in [0.15, 0.2) is 0 Å². The Morgan fingerprint density at radius 2 is 1.23 bits per heavy atom. The molecule has 0 saturated carbocycles. The van der Waals surface area contributed by atoms with Gasteiger partial charge in [0.25, 0.3) is 0 Å². The van der Waals surface area contributed by atoms with E-state index in [4.69, 9.17) is 14.2 Å². The SMILES string of the molecule is CC(C)(C)OCCC(C)(C)OC(C)(C)C(=O)COC(C)(C)C. The Balaban J connectivity index is 4.50. The Hall–Kier alpha value is -0.450. The molecule has 0 rings (SSSR count). The van der Waals surface area contributed by atoms with Crippen LogP contribution in [0.25, 0.3) is 0 Å². The third-order valence-electron chi connectivity index (χ3n) is 3.08. The van der Waals surface area contributed by atoms with Crippen molar-refractivity contribution >= 4 is 5.78 Å². The molecule has 0 aliphatic carbocycles. The third kappa shape index (κ3) is 10.3. The summed E-state index contributed by atoms with van der Waals surface area (Å²) in [6, 6.07) is 0. The van der Waals surface area contributed by atoms with Crippen molar-refractivity contribution in [2.24, 2.45) is 0 Å². The van der Waals surface area contributed by atoms with E-state index < -0.39 is 11.2 Å². The van der Waals surface area contributed by atoms with Crippen molar-refractivity contribution in [3.8, 4) is 0 Å². The monoisotopic (exact) mass is 316 g/mol. The topological polar surface area (TPSA) is 44.8 Å². The third-order valence-corrected chi connectivity index (χ3v) is 3.08. The second kappa shape index (κ2) is 7.41. The molecular weight excluding hydrogens is 280 g/mol. The van der Waals surface area contributed by atoms with Crippen LogP contribution in [0.1, 0.15) is 75.7 Å². The first-order chi connectivity index (χ1) is 9.54. The standard InChI is InChI=1S/C18H36O4/c1-15(2,3)20-12-11-17(7,8)22-18(9,10)14(19)13-21-16(4,5)6/h11-13H2,1-10H3. The van der Waals surface area contributed by atoms with E-state index in [2.05, 4.69) is 0 Å². The van der Waals surface area contributed by atoms with Crippen LogP contribution in [-0.2, 0) is 19.0 Å². The first-order valence-corrected chi connectivity index (χ1v) is 8.06. The van der Waals surface area contributed by atoms with Crippen LogP contribution < -0.4 is 0 Å². The number of carbonyl (C=O) groups excluding carboxylic acids is 1. The second-order valence-corrected chi connectivity index (χ2v) is 8.91. The lowest BCUT2D eigenvalue weighted by Crippen LogP contribution is -2.46. The fourth-order valence-corrected chi connectivity index (χ4v) is 1.86. The number of ether oxygens (including phenoxy) is 3. The quantitative estimate of drug-likeness (QED) is 0.675. The zero-order chi connectivity index (χ0) is 17.8. The van der Waals surface area contributed by atoms with Gasteiger partial charge in [0.1, 0.15) is 12.2 Å². The molecule has 0 aliphatic heterocycles. The summed E-state index contributed by atoms with van der Waals surface area (Å²) in [6.07, 6.45) is 0.723. The van der Waals surface area contributed by atoms with Gasteiger partial charge in [-0.15, -0.1) is 0 Å². The lowest BCUT2D eigenvalue weighted by atomic mass is 9.99. The highest BCUT2D eigenvalue weighted by atomic mass is 16.5. The molecule has 0 aromatic rings. The predicted molar refractivity (Wildman–Crippen MR) is 90.3 cm³/mol. The normalized spacial score (nSPS) is 14.3. The first kappa shape index (κ1) is 21.6. The van der Waals surface area contributed by atoms with Gasteiger partial charge in [0.2, 0.25) is 0 Å². The fourth-order valence-electron chi connectivity index (χ4n) is 1.86. The van der Waals surface area contributed by atoms with Crippen molar-refractivity contribution < 1.29 is 19.0 Å². The zero-order valence-electron chi connectivity index (χ0n) is 16.3. The molecule has 0 fully saturated rings. The van der Waals surface area contributed by atoms with Crippen LogP contribution in [0.4, 0.5) is 0 Å². The molecule has 0 spiro atoms. The lowest BCUT2D eigenvalue weighted by molar-refractivity contribution is -0.172. The van der Waals surface area contributed by atoms with Crippen LogP contribution in [0.5, 0.6) is 0 Å². The van der Waals surface area contributed by atoms with Crippen molar-refractivity contribution in [2.75, 3.05) is 13.2 Å². The molecular formula is C18H36O4. The second-order valence-electron chi connectivity index (χ2n) is 8.91.